The summed E-state index contributed by atoms with van der Waals surface area (Å²) in [7, 11) is 1.69. The van der Waals surface area contributed by atoms with Crippen LogP contribution in [0.5, 0.6) is 0 Å². The van der Waals surface area contributed by atoms with Gasteiger partial charge in [-0.25, -0.2) is 4.98 Å². The van der Waals surface area contributed by atoms with Crippen molar-refractivity contribution in [3.8, 4) is 0 Å². The summed E-state index contributed by atoms with van der Waals surface area (Å²) in [5.41, 5.74) is 2.05. The third kappa shape index (κ3) is 2.92. The number of pyridine rings is 1. The Kier molecular flexibility index (Phi) is 4.15. The second-order valence-electron chi connectivity index (χ2n) is 5.76. The minimum Gasteiger partial charge on any atom is -0.345 e. The van der Waals surface area contributed by atoms with Crippen LogP contribution in [-0.4, -0.2) is 20.7 Å². The monoisotopic (exact) mass is 344 g/mol. The van der Waals surface area contributed by atoms with Gasteiger partial charge in [-0.1, -0.05) is 23.7 Å². The summed E-state index contributed by atoms with van der Waals surface area (Å²) in [5.74, 6) is -0.315. The third-order valence-corrected chi connectivity index (χ3v) is 4.16. The van der Waals surface area contributed by atoms with E-state index in [1.807, 2.05) is 19.1 Å². The van der Waals surface area contributed by atoms with Crippen LogP contribution >= 0.6 is 11.6 Å². The fraction of sp³-hybridized carbons (Fsp3) is 0.235. The molecule has 1 atom stereocenters. The molecule has 0 spiro atoms. The number of H-pyrrole nitrogens is 1. The fourth-order valence-corrected chi connectivity index (χ4v) is 2.80. The molecule has 2 aromatic heterocycles. The Morgan fingerprint density at radius 2 is 2.00 bits per heavy atom. The number of hydrogen-bond acceptors (Lipinski definition) is 3. The number of aromatic nitrogens is 3. The third-order valence-electron chi connectivity index (χ3n) is 3.90. The summed E-state index contributed by atoms with van der Waals surface area (Å²) in [5, 5.41) is 6.48. The standard InChI is InChI=1S/C17H17ClN4O2/c1-9-8-13(14-15(19-9)22(3)21-17(14)24)16(23)20-10(2)11-4-6-12(18)7-5-11/h4-8,10H,1-3H3,(H,20,23)(H,21,24). The number of halogens is 1. The molecule has 0 saturated carbocycles. The lowest BCUT2D eigenvalue weighted by Crippen LogP contribution is -2.27. The average Bonchev–Trinajstić information content (AvgIpc) is 2.81. The second-order valence-corrected chi connectivity index (χ2v) is 6.19. The predicted molar refractivity (Wildman–Crippen MR) is 93.4 cm³/mol. The molecule has 124 valence electrons. The quantitative estimate of drug-likeness (QED) is 0.766. The van der Waals surface area contributed by atoms with Crippen molar-refractivity contribution in [2.24, 2.45) is 7.05 Å². The normalized spacial score (nSPS) is 12.3. The molecule has 6 nitrogen and oxygen atoms in total. The molecule has 2 heterocycles. The lowest BCUT2D eigenvalue weighted by Gasteiger charge is -2.15. The highest BCUT2D eigenvalue weighted by Gasteiger charge is 2.19. The van der Waals surface area contributed by atoms with E-state index in [9.17, 15) is 9.59 Å². The van der Waals surface area contributed by atoms with Crippen molar-refractivity contribution < 1.29 is 4.79 Å². The van der Waals surface area contributed by atoms with Crippen LogP contribution in [0.1, 0.15) is 34.6 Å². The lowest BCUT2D eigenvalue weighted by atomic mass is 10.1. The zero-order valence-corrected chi connectivity index (χ0v) is 14.3. The molecular formula is C17H17ClN4O2. The fourth-order valence-electron chi connectivity index (χ4n) is 2.67. The summed E-state index contributed by atoms with van der Waals surface area (Å²) in [6.45, 7) is 3.66. The molecule has 3 aromatic rings. The van der Waals surface area contributed by atoms with E-state index in [0.717, 1.165) is 5.56 Å². The molecule has 3 rings (SSSR count). The molecule has 0 radical (unpaired) electrons. The molecule has 24 heavy (non-hydrogen) atoms. The molecule has 0 fully saturated rings. The number of nitrogens with zero attached hydrogens (tertiary/aromatic N) is 2. The first-order valence-electron chi connectivity index (χ1n) is 7.49. The molecule has 1 amide bonds. The van der Waals surface area contributed by atoms with Crippen molar-refractivity contribution >= 4 is 28.5 Å². The van der Waals surface area contributed by atoms with Gasteiger partial charge in [0.05, 0.1) is 17.0 Å². The highest BCUT2D eigenvalue weighted by molar-refractivity contribution is 6.30. The minimum absolute atomic E-state index is 0.221. The predicted octanol–water partition coefficient (Wildman–Crippen LogP) is 2.71. The molecule has 0 aliphatic rings. The Bertz CT molecular complexity index is 973. The van der Waals surface area contributed by atoms with Crippen molar-refractivity contribution in [1.29, 1.82) is 0 Å². The van der Waals surface area contributed by atoms with Crippen LogP contribution in [0.4, 0.5) is 0 Å². The first-order valence-corrected chi connectivity index (χ1v) is 7.87. The van der Waals surface area contributed by atoms with Gasteiger partial charge in [-0.05, 0) is 37.6 Å². The summed E-state index contributed by atoms with van der Waals surface area (Å²) in [4.78, 5) is 29.1. The summed E-state index contributed by atoms with van der Waals surface area (Å²) < 4.78 is 1.52. The van der Waals surface area contributed by atoms with Gasteiger partial charge in [0, 0.05) is 17.8 Å². The van der Waals surface area contributed by atoms with E-state index in [0.29, 0.717) is 27.3 Å². The Morgan fingerprint density at radius 3 is 2.67 bits per heavy atom. The van der Waals surface area contributed by atoms with Gasteiger partial charge >= 0.3 is 0 Å². The number of benzene rings is 1. The Morgan fingerprint density at radius 1 is 1.33 bits per heavy atom. The summed E-state index contributed by atoms with van der Waals surface area (Å²) >= 11 is 5.89. The van der Waals surface area contributed by atoms with Gasteiger partial charge in [0.1, 0.15) is 0 Å². The van der Waals surface area contributed by atoms with Crippen LogP contribution < -0.4 is 10.9 Å². The van der Waals surface area contributed by atoms with Gasteiger partial charge in [0.25, 0.3) is 11.5 Å². The van der Waals surface area contributed by atoms with Crippen LogP contribution in [0.15, 0.2) is 35.1 Å². The largest absolute Gasteiger partial charge is 0.345 e. The lowest BCUT2D eigenvalue weighted by molar-refractivity contribution is 0.0941. The van der Waals surface area contributed by atoms with E-state index in [1.165, 1.54) is 4.68 Å². The van der Waals surface area contributed by atoms with Crippen LogP contribution in [0.3, 0.4) is 0 Å². The van der Waals surface area contributed by atoms with Crippen molar-refractivity contribution in [2.75, 3.05) is 0 Å². The molecule has 1 unspecified atom stereocenters. The Balaban J connectivity index is 1.97. The van der Waals surface area contributed by atoms with Crippen LogP contribution in [0.25, 0.3) is 11.0 Å². The van der Waals surface area contributed by atoms with Gasteiger partial charge < -0.3 is 5.32 Å². The number of amides is 1. The van der Waals surface area contributed by atoms with E-state index in [4.69, 9.17) is 11.6 Å². The minimum atomic E-state index is -0.329. The van der Waals surface area contributed by atoms with Crippen molar-refractivity contribution in [3.63, 3.8) is 0 Å². The highest BCUT2D eigenvalue weighted by atomic mass is 35.5. The number of carbonyl (C=O) groups excluding carboxylic acids is 1. The number of aryl methyl sites for hydroxylation is 2. The molecule has 0 aliphatic carbocycles. The first-order chi connectivity index (χ1) is 11.4. The highest BCUT2D eigenvalue weighted by Crippen LogP contribution is 2.19. The van der Waals surface area contributed by atoms with Crippen LogP contribution in [0.2, 0.25) is 5.02 Å². The van der Waals surface area contributed by atoms with Gasteiger partial charge in [0.15, 0.2) is 5.65 Å². The topological polar surface area (TPSA) is 79.8 Å². The number of rotatable bonds is 3. The number of nitrogens with one attached hydrogen (secondary N) is 2. The molecule has 1 aromatic carbocycles. The van der Waals surface area contributed by atoms with Crippen LogP contribution in [-0.2, 0) is 7.05 Å². The number of carbonyl (C=O) groups is 1. The smallest absolute Gasteiger partial charge is 0.274 e. The summed E-state index contributed by atoms with van der Waals surface area (Å²) in [6.07, 6.45) is 0. The Labute approximate surface area is 143 Å². The van der Waals surface area contributed by atoms with Crippen molar-refractivity contribution in [3.05, 3.63) is 62.5 Å². The average molecular weight is 345 g/mol. The molecule has 0 aliphatic heterocycles. The van der Waals surface area contributed by atoms with Gasteiger partial charge in [0.2, 0.25) is 0 Å². The maximum atomic E-state index is 12.7. The van der Waals surface area contributed by atoms with Crippen molar-refractivity contribution in [2.45, 2.75) is 19.9 Å². The van der Waals surface area contributed by atoms with Crippen molar-refractivity contribution in [1.82, 2.24) is 20.1 Å². The van der Waals surface area contributed by atoms with Gasteiger partial charge in [-0.2, -0.15) is 0 Å². The van der Waals surface area contributed by atoms with E-state index >= 15 is 0 Å². The molecule has 2 N–H and O–H groups in total. The molecular weight excluding hydrogens is 328 g/mol. The zero-order valence-electron chi connectivity index (χ0n) is 13.6. The first kappa shape index (κ1) is 16.3. The van der Waals surface area contributed by atoms with Gasteiger partial charge in [-0.15, -0.1) is 0 Å². The zero-order chi connectivity index (χ0) is 17.4. The summed E-state index contributed by atoms with van der Waals surface area (Å²) in [6, 6.07) is 8.67. The van der Waals surface area contributed by atoms with E-state index < -0.39 is 0 Å². The molecule has 7 heteroatoms. The maximum Gasteiger partial charge on any atom is 0.274 e. The molecule has 0 bridgehead atoms. The van der Waals surface area contributed by atoms with Gasteiger partial charge in [-0.3, -0.25) is 19.4 Å². The number of hydrogen-bond donors (Lipinski definition) is 2. The van der Waals surface area contributed by atoms with E-state index in [1.54, 1.807) is 32.2 Å². The second kappa shape index (κ2) is 6.13. The van der Waals surface area contributed by atoms with E-state index in [-0.39, 0.29) is 17.5 Å². The SMILES string of the molecule is Cc1cc(C(=O)NC(C)c2ccc(Cl)cc2)c2c(=O)[nH]n(C)c2n1. The number of aromatic amines is 1. The Hall–Kier alpha value is -2.60. The maximum absolute atomic E-state index is 12.7. The number of fused-ring (bicyclic) bond motifs is 1. The molecule has 0 saturated heterocycles. The van der Waals surface area contributed by atoms with Crippen LogP contribution in [0, 0.1) is 6.92 Å². The van der Waals surface area contributed by atoms with E-state index in [2.05, 4.69) is 15.4 Å².